The highest BCUT2D eigenvalue weighted by atomic mass is 16.5. The number of nitrogens with one attached hydrogen (secondary N) is 4. The van der Waals surface area contributed by atoms with Gasteiger partial charge in [-0.15, -0.1) is 0 Å². The molecule has 0 bridgehead atoms. The lowest BCUT2D eigenvalue weighted by Crippen LogP contribution is -2.44. The minimum absolute atomic E-state index is 0.0207. The van der Waals surface area contributed by atoms with Gasteiger partial charge >= 0.3 is 17.9 Å². The molecule has 19 heteroatoms. The number of rotatable bonds is 44. The molecular formula is C43H76N4O15. The van der Waals surface area contributed by atoms with Crippen molar-refractivity contribution in [1.82, 2.24) is 21.3 Å². The first-order chi connectivity index (χ1) is 29.7. The van der Waals surface area contributed by atoms with E-state index in [4.69, 9.17) is 24.1 Å². The Morgan fingerprint density at radius 2 is 0.790 bits per heavy atom. The van der Waals surface area contributed by atoms with Gasteiger partial charge in [0.05, 0.1) is 39.6 Å². The molecule has 0 rings (SSSR count). The second-order valence-electron chi connectivity index (χ2n) is 15.5. The van der Waals surface area contributed by atoms with E-state index in [1.54, 1.807) is 13.8 Å². The van der Waals surface area contributed by atoms with Crippen LogP contribution in [0, 0.1) is 5.92 Å². The average Bonchev–Trinajstić information content (AvgIpc) is 3.22. The van der Waals surface area contributed by atoms with Gasteiger partial charge in [-0.2, -0.15) is 0 Å². The van der Waals surface area contributed by atoms with E-state index in [-0.39, 0.29) is 115 Å². The summed E-state index contributed by atoms with van der Waals surface area (Å²) in [5.41, 5.74) is 0. The molecule has 358 valence electrons. The smallest absolute Gasteiger partial charge is 0.326 e. The Kier molecular flexibility index (Phi) is 36.9. The molecule has 2 atom stereocenters. The number of hydrogen-bond acceptors (Lipinski definition) is 12. The summed E-state index contributed by atoms with van der Waals surface area (Å²) in [6.45, 7) is 5.18. The maximum absolute atomic E-state index is 12.5. The van der Waals surface area contributed by atoms with Gasteiger partial charge in [0.25, 0.3) is 0 Å². The summed E-state index contributed by atoms with van der Waals surface area (Å²) in [4.78, 5) is 94.4. The van der Waals surface area contributed by atoms with E-state index in [1.165, 1.54) is 32.1 Å². The highest BCUT2D eigenvalue weighted by molar-refractivity contribution is 5.86. The van der Waals surface area contributed by atoms with E-state index < -0.39 is 47.7 Å². The zero-order chi connectivity index (χ0) is 46.2. The molecule has 62 heavy (non-hydrogen) atoms. The third-order valence-electron chi connectivity index (χ3n) is 9.63. The molecule has 0 spiro atoms. The predicted molar refractivity (Wildman–Crippen MR) is 228 cm³/mol. The Bertz CT molecular complexity index is 1280. The van der Waals surface area contributed by atoms with Gasteiger partial charge in [0, 0.05) is 44.7 Å². The predicted octanol–water partition coefficient (Wildman–Crippen LogP) is 3.54. The van der Waals surface area contributed by atoms with E-state index >= 15 is 0 Å². The van der Waals surface area contributed by atoms with Gasteiger partial charge in [-0.25, -0.2) is 9.59 Å². The van der Waals surface area contributed by atoms with Crippen LogP contribution < -0.4 is 21.3 Å². The first kappa shape index (κ1) is 57.8. The Hall–Kier alpha value is -4.20. The maximum Gasteiger partial charge on any atom is 0.326 e. The highest BCUT2D eigenvalue weighted by Crippen LogP contribution is 2.14. The van der Waals surface area contributed by atoms with Crippen LogP contribution in [0.2, 0.25) is 0 Å². The SMILES string of the molecule is CC(C)C(=O)COCCOCCNC(=O)COCCOCCNC(=O)CC[C@H](NC(=O)CC[C@H](NC(=O)CCCCCCCCCCCCCCCCC(=O)O)C(=O)O)C(=O)O. The van der Waals surface area contributed by atoms with Crippen molar-refractivity contribution in [1.29, 1.82) is 0 Å². The Morgan fingerprint density at radius 1 is 0.419 bits per heavy atom. The van der Waals surface area contributed by atoms with Crippen molar-refractivity contribution < 1.29 is 72.6 Å². The minimum atomic E-state index is -1.38. The number of unbranched alkanes of at least 4 members (excludes halogenated alkanes) is 13. The van der Waals surface area contributed by atoms with E-state index in [0.29, 0.717) is 13.0 Å². The van der Waals surface area contributed by atoms with Crippen molar-refractivity contribution in [3.05, 3.63) is 0 Å². The molecule has 0 unspecified atom stereocenters. The standard InChI is InChI=1S/C43H76N4O15/c1-33(2)36(48)31-61-29-27-60-26-24-45-40(52)32-62-30-28-59-25-23-44-37(49)21-19-34(42(55)56)47-39(51)22-20-35(43(57)58)46-38(50)17-15-13-11-9-7-5-3-4-6-8-10-12-14-16-18-41(53)54/h33-35H,3-32H2,1-2H3,(H,44,49)(H,45,52)(H,46,50)(H,47,51)(H,53,54)(H,55,56)(H,57,58)/t34-,35-/m0/s1. The molecule has 0 heterocycles. The third kappa shape index (κ3) is 37.6. The minimum Gasteiger partial charge on any atom is -0.481 e. The lowest BCUT2D eigenvalue weighted by molar-refractivity contribution is -0.143. The summed E-state index contributed by atoms with van der Waals surface area (Å²) in [5.74, 6) is -5.39. The number of hydrogen-bond donors (Lipinski definition) is 7. The quantitative estimate of drug-likeness (QED) is 0.0431. The fourth-order valence-corrected chi connectivity index (χ4v) is 5.89. The summed E-state index contributed by atoms with van der Waals surface area (Å²) < 4.78 is 21.1. The molecule has 0 aromatic carbocycles. The van der Waals surface area contributed by atoms with E-state index in [9.17, 15) is 48.6 Å². The van der Waals surface area contributed by atoms with Crippen LogP contribution >= 0.6 is 0 Å². The van der Waals surface area contributed by atoms with Crippen LogP contribution in [0.25, 0.3) is 0 Å². The van der Waals surface area contributed by atoms with Crippen LogP contribution in [0.1, 0.15) is 142 Å². The molecule has 0 fully saturated rings. The average molecular weight is 889 g/mol. The van der Waals surface area contributed by atoms with Gasteiger partial charge in [0.1, 0.15) is 25.3 Å². The molecule has 0 aromatic rings. The summed E-state index contributed by atoms with van der Waals surface area (Å²) in [6.07, 6.45) is 14.0. The Balaban J connectivity index is 3.98. The van der Waals surface area contributed by atoms with E-state index in [1.807, 2.05) is 0 Å². The molecule has 0 aliphatic carbocycles. The van der Waals surface area contributed by atoms with E-state index in [0.717, 1.165) is 51.4 Å². The molecule has 0 saturated heterocycles. The summed E-state index contributed by atoms with van der Waals surface area (Å²) in [5, 5.41) is 37.7. The summed E-state index contributed by atoms with van der Waals surface area (Å²) >= 11 is 0. The van der Waals surface area contributed by atoms with E-state index in [2.05, 4.69) is 21.3 Å². The van der Waals surface area contributed by atoms with Crippen molar-refractivity contribution in [2.24, 2.45) is 5.92 Å². The zero-order valence-corrected chi connectivity index (χ0v) is 37.2. The second kappa shape index (κ2) is 39.6. The number of aliphatic carboxylic acids is 3. The van der Waals surface area contributed by atoms with Crippen molar-refractivity contribution in [2.45, 2.75) is 154 Å². The Labute approximate surface area is 366 Å². The molecule has 0 saturated carbocycles. The molecule has 7 N–H and O–H groups in total. The monoisotopic (exact) mass is 889 g/mol. The normalized spacial score (nSPS) is 12.0. The molecule has 0 aliphatic rings. The number of carboxylic acid groups (broad SMARTS) is 3. The number of carbonyl (C=O) groups is 8. The summed E-state index contributed by atoms with van der Waals surface area (Å²) in [7, 11) is 0. The zero-order valence-electron chi connectivity index (χ0n) is 37.2. The van der Waals surface area contributed by atoms with Crippen LogP contribution in [-0.2, 0) is 57.3 Å². The van der Waals surface area contributed by atoms with Crippen molar-refractivity contribution in [2.75, 3.05) is 65.9 Å². The molecule has 0 radical (unpaired) electrons. The molecular weight excluding hydrogens is 812 g/mol. The van der Waals surface area contributed by atoms with Gasteiger partial charge in [-0.3, -0.25) is 28.8 Å². The van der Waals surface area contributed by atoms with Crippen LogP contribution in [0.4, 0.5) is 0 Å². The number of carbonyl (C=O) groups excluding carboxylic acids is 5. The number of amides is 4. The van der Waals surface area contributed by atoms with Gasteiger partial charge in [0.15, 0.2) is 5.78 Å². The van der Waals surface area contributed by atoms with Crippen LogP contribution in [0.3, 0.4) is 0 Å². The van der Waals surface area contributed by atoms with Crippen molar-refractivity contribution >= 4 is 47.3 Å². The van der Waals surface area contributed by atoms with Gasteiger partial charge in [-0.05, 0) is 25.7 Å². The van der Waals surface area contributed by atoms with Gasteiger partial charge in [-0.1, -0.05) is 90.9 Å². The lowest BCUT2D eigenvalue weighted by atomic mass is 10.0. The van der Waals surface area contributed by atoms with Crippen molar-refractivity contribution in [3.8, 4) is 0 Å². The lowest BCUT2D eigenvalue weighted by Gasteiger charge is -2.17. The first-order valence-corrected chi connectivity index (χ1v) is 22.4. The highest BCUT2D eigenvalue weighted by Gasteiger charge is 2.24. The third-order valence-corrected chi connectivity index (χ3v) is 9.63. The van der Waals surface area contributed by atoms with Crippen LogP contribution in [-0.4, -0.2) is 141 Å². The largest absolute Gasteiger partial charge is 0.481 e. The van der Waals surface area contributed by atoms with Gasteiger partial charge < -0.3 is 55.5 Å². The van der Waals surface area contributed by atoms with Gasteiger partial charge in [0.2, 0.25) is 23.6 Å². The number of ether oxygens (including phenoxy) is 4. The molecule has 0 aliphatic heterocycles. The number of Topliss-reactive ketones (excluding diaryl/α,β-unsaturated/α-hetero) is 1. The Morgan fingerprint density at radius 3 is 1.23 bits per heavy atom. The van der Waals surface area contributed by atoms with Crippen LogP contribution in [0.15, 0.2) is 0 Å². The molecule has 0 aromatic heterocycles. The number of ketones is 1. The first-order valence-electron chi connectivity index (χ1n) is 22.4. The molecule has 4 amide bonds. The topological polar surface area (TPSA) is 282 Å². The second-order valence-corrected chi connectivity index (χ2v) is 15.5. The van der Waals surface area contributed by atoms with Crippen molar-refractivity contribution in [3.63, 3.8) is 0 Å². The fraction of sp³-hybridized carbons (Fsp3) is 0.814. The van der Waals surface area contributed by atoms with Crippen LogP contribution in [0.5, 0.6) is 0 Å². The maximum atomic E-state index is 12.5. The summed E-state index contributed by atoms with van der Waals surface area (Å²) in [6, 6.07) is -2.69. The fourth-order valence-electron chi connectivity index (χ4n) is 5.89. The number of carboxylic acids is 3. The molecule has 19 nitrogen and oxygen atoms in total.